The van der Waals surface area contributed by atoms with Crippen LogP contribution in [0, 0.1) is 19.7 Å². The van der Waals surface area contributed by atoms with Gasteiger partial charge in [-0.1, -0.05) is 53.2 Å². The first-order valence-electron chi connectivity index (χ1n) is 9.76. The average Bonchev–Trinajstić information content (AvgIpc) is 3.32. The first kappa shape index (κ1) is 22.5. The maximum Gasteiger partial charge on any atom is 0.234 e. The molecule has 0 radical (unpaired) electrons. The van der Waals surface area contributed by atoms with Crippen LogP contribution in [0.5, 0.6) is 0 Å². The molecule has 0 aliphatic rings. The highest BCUT2D eigenvalue weighted by atomic mass is 35.5. The molecule has 5 nitrogen and oxygen atoms in total. The van der Waals surface area contributed by atoms with E-state index in [-0.39, 0.29) is 16.7 Å². The van der Waals surface area contributed by atoms with E-state index in [1.54, 1.807) is 11.3 Å². The van der Waals surface area contributed by atoms with E-state index in [9.17, 15) is 9.18 Å². The number of thiophene rings is 1. The summed E-state index contributed by atoms with van der Waals surface area (Å²) in [4.78, 5) is 13.5. The van der Waals surface area contributed by atoms with Crippen molar-refractivity contribution >= 4 is 46.3 Å². The molecule has 0 fully saturated rings. The van der Waals surface area contributed by atoms with E-state index in [1.165, 1.54) is 40.4 Å². The number of amides is 1. The number of halogens is 2. The lowest BCUT2D eigenvalue weighted by Crippen LogP contribution is -2.14. The van der Waals surface area contributed by atoms with Crippen molar-refractivity contribution in [2.24, 2.45) is 7.05 Å². The van der Waals surface area contributed by atoms with Crippen molar-refractivity contribution < 1.29 is 9.18 Å². The van der Waals surface area contributed by atoms with Crippen molar-refractivity contribution in [1.29, 1.82) is 0 Å². The Labute approximate surface area is 198 Å². The molecule has 32 heavy (non-hydrogen) atoms. The Balaban J connectivity index is 1.50. The Kier molecular flexibility index (Phi) is 6.64. The van der Waals surface area contributed by atoms with Gasteiger partial charge in [0.25, 0.3) is 0 Å². The number of anilines is 1. The van der Waals surface area contributed by atoms with E-state index in [4.69, 9.17) is 11.6 Å². The number of hydrogen-bond acceptors (Lipinski definition) is 5. The SMILES string of the molecule is Cc1ccc(-c2c(-c3nnc(SCC(=O)Nc4ccc(F)c(Cl)c4)n3C)csc2C)cc1. The van der Waals surface area contributed by atoms with Crippen molar-refractivity contribution in [2.45, 2.75) is 19.0 Å². The molecule has 1 N–H and O–H groups in total. The van der Waals surface area contributed by atoms with Crippen LogP contribution in [0.25, 0.3) is 22.5 Å². The number of thioether (sulfide) groups is 1. The minimum absolute atomic E-state index is 0.0381. The Morgan fingerprint density at radius 1 is 1.19 bits per heavy atom. The van der Waals surface area contributed by atoms with Gasteiger partial charge in [-0.2, -0.15) is 0 Å². The Morgan fingerprint density at radius 3 is 2.66 bits per heavy atom. The van der Waals surface area contributed by atoms with Crippen LogP contribution >= 0.6 is 34.7 Å². The number of nitrogens with one attached hydrogen (secondary N) is 1. The maximum absolute atomic E-state index is 13.3. The molecule has 4 aromatic rings. The van der Waals surface area contributed by atoms with Gasteiger partial charge in [0.15, 0.2) is 11.0 Å². The summed E-state index contributed by atoms with van der Waals surface area (Å²) in [6.45, 7) is 4.17. The summed E-state index contributed by atoms with van der Waals surface area (Å²) in [7, 11) is 1.89. The van der Waals surface area contributed by atoms with Crippen LogP contribution in [0.15, 0.2) is 53.0 Å². The first-order chi connectivity index (χ1) is 15.3. The van der Waals surface area contributed by atoms with Crippen molar-refractivity contribution in [1.82, 2.24) is 14.8 Å². The molecule has 0 saturated heterocycles. The van der Waals surface area contributed by atoms with Gasteiger partial charge in [-0.05, 0) is 37.6 Å². The maximum atomic E-state index is 13.3. The predicted octanol–water partition coefficient (Wildman–Crippen LogP) is 6.35. The number of nitrogens with zero attached hydrogens (tertiary/aromatic N) is 3. The zero-order valence-electron chi connectivity index (χ0n) is 17.6. The topological polar surface area (TPSA) is 59.8 Å². The molecule has 0 saturated carbocycles. The number of aryl methyl sites for hydroxylation is 2. The van der Waals surface area contributed by atoms with E-state index in [2.05, 4.69) is 59.0 Å². The monoisotopic (exact) mass is 486 g/mol. The summed E-state index contributed by atoms with van der Waals surface area (Å²) >= 11 is 8.72. The number of carbonyl (C=O) groups is 1. The highest BCUT2D eigenvalue weighted by Gasteiger charge is 2.19. The van der Waals surface area contributed by atoms with Gasteiger partial charge in [0.2, 0.25) is 5.91 Å². The van der Waals surface area contributed by atoms with E-state index < -0.39 is 5.82 Å². The van der Waals surface area contributed by atoms with Gasteiger partial charge in [-0.3, -0.25) is 4.79 Å². The van der Waals surface area contributed by atoms with E-state index in [0.29, 0.717) is 10.8 Å². The Morgan fingerprint density at radius 2 is 1.94 bits per heavy atom. The van der Waals surface area contributed by atoms with Crippen LogP contribution in [0.1, 0.15) is 10.4 Å². The fourth-order valence-electron chi connectivity index (χ4n) is 3.27. The molecule has 1 amide bonds. The number of hydrogen-bond donors (Lipinski definition) is 1. The minimum Gasteiger partial charge on any atom is -0.325 e. The van der Waals surface area contributed by atoms with Crippen LogP contribution < -0.4 is 5.32 Å². The lowest BCUT2D eigenvalue weighted by Gasteiger charge is -2.08. The van der Waals surface area contributed by atoms with Crippen molar-refractivity contribution in [3.05, 3.63) is 69.1 Å². The van der Waals surface area contributed by atoms with Crippen LogP contribution in [0.3, 0.4) is 0 Å². The Bertz CT molecular complexity index is 1280. The van der Waals surface area contributed by atoms with Gasteiger partial charge >= 0.3 is 0 Å². The largest absolute Gasteiger partial charge is 0.325 e. The molecule has 4 rings (SSSR count). The Hall–Kier alpha value is -2.68. The summed E-state index contributed by atoms with van der Waals surface area (Å²) in [6, 6.07) is 12.5. The molecule has 0 bridgehead atoms. The second-order valence-corrected chi connectivity index (χ2v) is 9.71. The quantitative estimate of drug-likeness (QED) is 0.322. The van der Waals surface area contributed by atoms with Gasteiger partial charge in [0, 0.05) is 34.1 Å². The number of carbonyl (C=O) groups excluding carboxylic acids is 1. The van der Waals surface area contributed by atoms with Crippen LogP contribution in [0.2, 0.25) is 5.02 Å². The second-order valence-electron chi connectivity index (χ2n) is 7.28. The molecule has 9 heteroatoms. The molecule has 0 unspecified atom stereocenters. The van der Waals surface area contributed by atoms with Crippen molar-refractivity contribution in [3.8, 4) is 22.5 Å². The zero-order valence-corrected chi connectivity index (χ0v) is 20.0. The highest BCUT2D eigenvalue weighted by Crippen LogP contribution is 2.39. The van der Waals surface area contributed by atoms with Crippen molar-refractivity contribution in [3.63, 3.8) is 0 Å². The number of benzene rings is 2. The van der Waals surface area contributed by atoms with Gasteiger partial charge < -0.3 is 9.88 Å². The molecule has 0 atom stereocenters. The fraction of sp³-hybridized carbons (Fsp3) is 0.174. The molecular formula is C23H20ClFN4OS2. The summed E-state index contributed by atoms with van der Waals surface area (Å²) in [5.41, 5.74) is 4.95. The van der Waals surface area contributed by atoms with E-state index in [1.807, 2.05) is 11.6 Å². The van der Waals surface area contributed by atoms with Crippen molar-refractivity contribution in [2.75, 3.05) is 11.1 Å². The standard InChI is InChI=1S/C23H20ClFN4OS2/c1-13-4-6-15(7-5-13)21-14(2)31-11-17(21)22-27-28-23(29(22)3)32-12-20(30)26-16-8-9-19(25)18(24)10-16/h4-11H,12H2,1-3H3,(H,26,30). The molecular weight excluding hydrogens is 467 g/mol. The fourth-order valence-corrected chi connectivity index (χ4v) is 5.03. The summed E-state index contributed by atoms with van der Waals surface area (Å²) < 4.78 is 15.2. The summed E-state index contributed by atoms with van der Waals surface area (Å²) in [6.07, 6.45) is 0. The third-order valence-corrected chi connectivity index (χ3v) is 7.15. The van der Waals surface area contributed by atoms with Gasteiger partial charge in [-0.25, -0.2) is 4.39 Å². The summed E-state index contributed by atoms with van der Waals surface area (Å²) in [5.74, 6) is 0.112. The van der Waals surface area contributed by atoms with Gasteiger partial charge in [0.1, 0.15) is 5.82 Å². The normalized spacial score (nSPS) is 11.0. The molecule has 0 spiro atoms. The molecule has 164 valence electrons. The molecule has 2 heterocycles. The number of aromatic nitrogens is 3. The van der Waals surface area contributed by atoms with Crippen LogP contribution in [0.4, 0.5) is 10.1 Å². The third-order valence-electron chi connectivity index (χ3n) is 4.93. The van der Waals surface area contributed by atoms with Gasteiger partial charge in [-0.15, -0.1) is 21.5 Å². The summed E-state index contributed by atoms with van der Waals surface area (Å²) in [5, 5.41) is 14.1. The van der Waals surface area contributed by atoms with Crippen LogP contribution in [-0.4, -0.2) is 26.4 Å². The number of rotatable bonds is 6. The lowest BCUT2D eigenvalue weighted by molar-refractivity contribution is -0.113. The average molecular weight is 487 g/mol. The zero-order chi connectivity index (χ0) is 22.8. The molecule has 2 aromatic carbocycles. The minimum atomic E-state index is -0.528. The predicted molar refractivity (Wildman–Crippen MR) is 130 cm³/mol. The highest BCUT2D eigenvalue weighted by molar-refractivity contribution is 7.99. The third kappa shape index (κ3) is 4.72. The van der Waals surface area contributed by atoms with E-state index in [0.717, 1.165) is 22.5 Å². The van der Waals surface area contributed by atoms with Gasteiger partial charge in [0.05, 0.1) is 10.8 Å². The van der Waals surface area contributed by atoms with Crippen LogP contribution in [-0.2, 0) is 11.8 Å². The first-order valence-corrected chi connectivity index (χ1v) is 12.0. The van der Waals surface area contributed by atoms with E-state index >= 15 is 0 Å². The smallest absolute Gasteiger partial charge is 0.234 e. The lowest BCUT2D eigenvalue weighted by atomic mass is 10.0. The second kappa shape index (κ2) is 9.44. The molecule has 2 aromatic heterocycles. The molecule has 0 aliphatic heterocycles. The molecule has 0 aliphatic carbocycles.